The summed E-state index contributed by atoms with van der Waals surface area (Å²) in [6.45, 7) is 3.23. The van der Waals surface area contributed by atoms with Crippen LogP contribution in [0.5, 0.6) is 0 Å². The van der Waals surface area contributed by atoms with Gasteiger partial charge in [0.15, 0.2) is 0 Å². The maximum Gasteiger partial charge on any atom is 0.242 e. The summed E-state index contributed by atoms with van der Waals surface area (Å²) in [5.41, 5.74) is 0. The summed E-state index contributed by atoms with van der Waals surface area (Å²) < 4.78 is 0. The van der Waals surface area contributed by atoms with Gasteiger partial charge in [0.05, 0.1) is 0 Å². The molecule has 6 heteroatoms. The van der Waals surface area contributed by atoms with Crippen molar-refractivity contribution >= 4 is 30.2 Å². The Kier molecular flexibility index (Phi) is 6.80. The summed E-state index contributed by atoms with van der Waals surface area (Å²) in [5.74, 6) is -0.958. The third kappa shape index (κ3) is 5.16. The van der Waals surface area contributed by atoms with Crippen molar-refractivity contribution in [3.8, 4) is 0 Å². The second kappa shape index (κ2) is 7.27. The monoisotopic (exact) mass is 246 g/mol. The number of ketones is 1. The number of carbonyl (C=O) groups excluding carboxylic acids is 3. The van der Waals surface area contributed by atoms with Gasteiger partial charge in [-0.25, -0.2) is 0 Å². The molecule has 0 aromatic heterocycles. The molecule has 0 fully saturated rings. The van der Waals surface area contributed by atoms with E-state index in [2.05, 4.69) is 23.3 Å². The molecule has 5 nitrogen and oxygen atoms in total. The lowest BCUT2D eigenvalue weighted by molar-refractivity contribution is -0.131. The minimum absolute atomic E-state index is 0.0846. The van der Waals surface area contributed by atoms with Crippen LogP contribution in [-0.4, -0.2) is 36.4 Å². The number of rotatable bonds is 6. The summed E-state index contributed by atoms with van der Waals surface area (Å²) >= 11 is 3.83. The van der Waals surface area contributed by atoms with Crippen LogP contribution in [0.4, 0.5) is 0 Å². The maximum absolute atomic E-state index is 11.6. The van der Waals surface area contributed by atoms with Crippen molar-refractivity contribution in [1.82, 2.24) is 10.6 Å². The molecule has 0 aliphatic rings. The van der Waals surface area contributed by atoms with Gasteiger partial charge >= 0.3 is 0 Å². The number of hydrogen-bond acceptors (Lipinski definition) is 4. The van der Waals surface area contributed by atoms with Crippen molar-refractivity contribution in [2.24, 2.45) is 5.92 Å². The maximum atomic E-state index is 11.6. The average Bonchev–Trinajstić information content (AvgIpc) is 2.27. The number of hydrogen-bond donors (Lipinski definition) is 3. The van der Waals surface area contributed by atoms with Gasteiger partial charge in [-0.2, -0.15) is 12.6 Å². The summed E-state index contributed by atoms with van der Waals surface area (Å²) in [4.78, 5) is 33.8. The topological polar surface area (TPSA) is 75.3 Å². The van der Waals surface area contributed by atoms with Gasteiger partial charge in [-0.3, -0.25) is 14.4 Å². The zero-order chi connectivity index (χ0) is 12.7. The first kappa shape index (κ1) is 15.0. The molecule has 0 unspecified atom stereocenters. The summed E-state index contributed by atoms with van der Waals surface area (Å²) in [5, 5.41) is 4.96. The minimum Gasteiger partial charge on any atom is -0.357 e. The molecule has 2 amide bonds. The quantitative estimate of drug-likeness (QED) is 0.566. The summed E-state index contributed by atoms with van der Waals surface area (Å²) in [6, 6.07) is -0.592. The predicted molar refractivity (Wildman–Crippen MR) is 64.3 cm³/mol. The number of nitrogens with one attached hydrogen (secondary N) is 2. The van der Waals surface area contributed by atoms with Crippen LogP contribution >= 0.6 is 12.6 Å². The highest BCUT2D eigenvalue weighted by Gasteiger charge is 2.20. The number of carbonyl (C=O) groups is 3. The van der Waals surface area contributed by atoms with Gasteiger partial charge in [0, 0.05) is 25.1 Å². The van der Waals surface area contributed by atoms with E-state index in [0.29, 0.717) is 0 Å². The van der Waals surface area contributed by atoms with E-state index >= 15 is 0 Å². The third-order valence-corrected chi connectivity index (χ3v) is 2.51. The molecule has 0 aromatic carbocycles. The Morgan fingerprint density at radius 2 is 1.75 bits per heavy atom. The molecule has 0 saturated carbocycles. The lowest BCUT2D eigenvalue weighted by Crippen LogP contribution is -2.45. The standard InChI is InChI=1S/C10H18N2O3S/c1-6(4-8(13)5-16)9(14)12-7(2)10(15)11-3/h6-7,16H,4-5H2,1-3H3,(H,11,15)(H,12,14)/t6-,7+/m1/s1. The molecule has 16 heavy (non-hydrogen) atoms. The normalized spacial score (nSPS) is 13.8. The van der Waals surface area contributed by atoms with Crippen LogP contribution in [0.15, 0.2) is 0 Å². The Balaban J connectivity index is 4.15. The first-order chi connectivity index (χ1) is 7.42. The van der Waals surface area contributed by atoms with Crippen LogP contribution in [0.3, 0.4) is 0 Å². The molecule has 0 aliphatic carbocycles. The molecule has 0 rings (SSSR count). The van der Waals surface area contributed by atoms with Crippen molar-refractivity contribution in [3.63, 3.8) is 0 Å². The van der Waals surface area contributed by atoms with Gasteiger partial charge in [0.1, 0.15) is 11.8 Å². The predicted octanol–water partition coefficient (Wildman–Crippen LogP) is -0.238. The smallest absolute Gasteiger partial charge is 0.242 e. The van der Waals surface area contributed by atoms with E-state index in [9.17, 15) is 14.4 Å². The fourth-order valence-electron chi connectivity index (χ4n) is 1.14. The van der Waals surface area contributed by atoms with Gasteiger partial charge in [0.2, 0.25) is 11.8 Å². The number of amides is 2. The highest BCUT2D eigenvalue weighted by atomic mass is 32.1. The van der Waals surface area contributed by atoms with E-state index < -0.39 is 12.0 Å². The fraction of sp³-hybridized carbons (Fsp3) is 0.700. The van der Waals surface area contributed by atoms with Gasteiger partial charge in [-0.1, -0.05) is 6.92 Å². The van der Waals surface area contributed by atoms with Crippen molar-refractivity contribution in [1.29, 1.82) is 0 Å². The van der Waals surface area contributed by atoms with E-state index in [4.69, 9.17) is 0 Å². The van der Waals surface area contributed by atoms with Crippen LogP contribution in [0.25, 0.3) is 0 Å². The third-order valence-electron chi connectivity index (χ3n) is 2.16. The zero-order valence-corrected chi connectivity index (χ0v) is 10.6. The first-order valence-corrected chi connectivity index (χ1v) is 5.70. The van der Waals surface area contributed by atoms with Gasteiger partial charge in [-0.05, 0) is 6.92 Å². The molecule has 0 spiro atoms. The summed E-state index contributed by atoms with van der Waals surface area (Å²) in [6.07, 6.45) is 0.149. The molecule has 0 bridgehead atoms. The SMILES string of the molecule is CNC(=O)[C@H](C)NC(=O)[C@H](C)CC(=O)CS. The molecular weight excluding hydrogens is 228 g/mol. The Bertz CT molecular complexity index is 281. The Hall–Kier alpha value is -1.04. The van der Waals surface area contributed by atoms with Crippen molar-refractivity contribution < 1.29 is 14.4 Å². The Morgan fingerprint density at radius 3 is 2.19 bits per heavy atom. The average molecular weight is 246 g/mol. The fourth-order valence-corrected chi connectivity index (χ4v) is 1.27. The Labute approximate surface area is 101 Å². The molecule has 0 heterocycles. The largest absolute Gasteiger partial charge is 0.357 e. The number of thiol groups is 1. The second-order valence-electron chi connectivity index (χ2n) is 3.65. The molecule has 2 atom stereocenters. The van der Waals surface area contributed by atoms with E-state index in [1.54, 1.807) is 13.8 Å². The summed E-state index contributed by atoms with van der Waals surface area (Å²) in [7, 11) is 1.50. The second-order valence-corrected chi connectivity index (χ2v) is 3.96. The molecule has 0 aromatic rings. The highest BCUT2D eigenvalue weighted by Crippen LogP contribution is 2.04. The van der Waals surface area contributed by atoms with Gasteiger partial charge < -0.3 is 10.6 Å². The Morgan fingerprint density at radius 1 is 1.19 bits per heavy atom. The zero-order valence-electron chi connectivity index (χ0n) is 9.74. The van der Waals surface area contributed by atoms with E-state index in [0.717, 1.165) is 0 Å². The van der Waals surface area contributed by atoms with E-state index in [-0.39, 0.29) is 29.8 Å². The van der Waals surface area contributed by atoms with Crippen molar-refractivity contribution in [2.45, 2.75) is 26.3 Å². The van der Waals surface area contributed by atoms with Crippen LogP contribution in [0, 0.1) is 5.92 Å². The highest BCUT2D eigenvalue weighted by molar-refractivity contribution is 7.81. The van der Waals surface area contributed by atoms with Crippen LogP contribution < -0.4 is 10.6 Å². The molecule has 2 N–H and O–H groups in total. The van der Waals surface area contributed by atoms with E-state index in [1.807, 2.05) is 0 Å². The van der Waals surface area contributed by atoms with Gasteiger partial charge in [-0.15, -0.1) is 0 Å². The van der Waals surface area contributed by atoms with E-state index in [1.165, 1.54) is 7.05 Å². The molecule has 0 radical (unpaired) electrons. The minimum atomic E-state index is -0.592. The number of likely N-dealkylation sites (N-methyl/N-ethyl adjacent to an activating group) is 1. The van der Waals surface area contributed by atoms with Crippen LogP contribution in [-0.2, 0) is 14.4 Å². The van der Waals surface area contributed by atoms with Crippen molar-refractivity contribution in [2.75, 3.05) is 12.8 Å². The van der Waals surface area contributed by atoms with Crippen LogP contribution in [0.2, 0.25) is 0 Å². The van der Waals surface area contributed by atoms with Crippen LogP contribution in [0.1, 0.15) is 20.3 Å². The number of Topliss-reactive ketones (excluding diaryl/α,β-unsaturated/α-hetero) is 1. The van der Waals surface area contributed by atoms with Crippen molar-refractivity contribution in [3.05, 3.63) is 0 Å². The molecular formula is C10H18N2O3S. The lowest BCUT2D eigenvalue weighted by atomic mass is 10.0. The molecule has 92 valence electrons. The lowest BCUT2D eigenvalue weighted by Gasteiger charge is -2.15. The van der Waals surface area contributed by atoms with Gasteiger partial charge in [0.25, 0.3) is 0 Å². The molecule has 0 saturated heterocycles. The molecule has 0 aliphatic heterocycles. The first-order valence-electron chi connectivity index (χ1n) is 5.06.